The number of hydrogen-bond donors (Lipinski definition) is 2. The standard InChI is InChI=1S/C23H22Cl2N4O4/c1-3-21(30)29-6-4-14(5-7-29)33-20-10-15-18(11-19(20)32-2)26-12-27-23(15)28-13-8-16(24)22(31)17(25)9-13/h3,8-12,14,31H,1,4-7H2,2H3,(H,26,27,28). The molecule has 4 rings (SSSR count). The fourth-order valence-electron chi connectivity index (χ4n) is 3.69. The van der Waals surface area contributed by atoms with Gasteiger partial charge in [0.05, 0.1) is 22.7 Å². The first-order valence-corrected chi connectivity index (χ1v) is 11.0. The van der Waals surface area contributed by atoms with Crippen molar-refractivity contribution in [2.24, 2.45) is 0 Å². The lowest BCUT2D eigenvalue weighted by molar-refractivity contribution is -0.127. The van der Waals surface area contributed by atoms with E-state index in [-0.39, 0.29) is 27.8 Å². The van der Waals surface area contributed by atoms with Crippen LogP contribution < -0.4 is 14.8 Å². The quantitative estimate of drug-likeness (QED) is 0.374. The molecule has 2 heterocycles. The van der Waals surface area contributed by atoms with Crippen molar-refractivity contribution in [2.45, 2.75) is 18.9 Å². The zero-order valence-corrected chi connectivity index (χ0v) is 19.4. The van der Waals surface area contributed by atoms with Crippen LogP contribution in [0.5, 0.6) is 17.2 Å². The van der Waals surface area contributed by atoms with Gasteiger partial charge in [-0.3, -0.25) is 4.79 Å². The van der Waals surface area contributed by atoms with Gasteiger partial charge in [0.2, 0.25) is 5.91 Å². The van der Waals surface area contributed by atoms with Gasteiger partial charge in [-0.15, -0.1) is 0 Å². The predicted molar refractivity (Wildman–Crippen MR) is 128 cm³/mol. The average molecular weight is 489 g/mol. The molecule has 2 aromatic carbocycles. The molecular formula is C23H22Cl2N4O4. The number of fused-ring (bicyclic) bond motifs is 1. The molecule has 1 aromatic heterocycles. The highest BCUT2D eigenvalue weighted by atomic mass is 35.5. The maximum Gasteiger partial charge on any atom is 0.245 e. The Hall–Kier alpha value is -3.23. The highest BCUT2D eigenvalue weighted by Crippen LogP contribution is 2.38. The average Bonchev–Trinajstić information content (AvgIpc) is 2.82. The molecule has 0 unspecified atom stereocenters. The molecule has 0 atom stereocenters. The number of phenolic OH excluding ortho intramolecular Hbond substituents is 1. The Morgan fingerprint density at radius 3 is 2.52 bits per heavy atom. The summed E-state index contributed by atoms with van der Waals surface area (Å²) in [4.78, 5) is 22.3. The largest absolute Gasteiger partial charge is 0.505 e. The monoisotopic (exact) mass is 488 g/mol. The molecule has 0 saturated carbocycles. The number of carbonyl (C=O) groups excluding carboxylic acids is 1. The van der Waals surface area contributed by atoms with Gasteiger partial charge < -0.3 is 24.8 Å². The van der Waals surface area contributed by atoms with Gasteiger partial charge in [-0.1, -0.05) is 29.8 Å². The molecule has 1 amide bonds. The van der Waals surface area contributed by atoms with Crippen molar-refractivity contribution in [2.75, 3.05) is 25.5 Å². The maximum absolute atomic E-state index is 11.8. The topological polar surface area (TPSA) is 96.8 Å². The third kappa shape index (κ3) is 4.91. The third-order valence-electron chi connectivity index (χ3n) is 5.42. The summed E-state index contributed by atoms with van der Waals surface area (Å²) in [6.45, 7) is 4.74. The van der Waals surface area contributed by atoms with E-state index in [9.17, 15) is 9.90 Å². The van der Waals surface area contributed by atoms with E-state index >= 15 is 0 Å². The van der Waals surface area contributed by atoms with Crippen LogP contribution in [0, 0.1) is 0 Å². The zero-order valence-electron chi connectivity index (χ0n) is 17.8. The van der Waals surface area contributed by atoms with Gasteiger partial charge in [0, 0.05) is 43.1 Å². The van der Waals surface area contributed by atoms with E-state index < -0.39 is 0 Å². The van der Waals surface area contributed by atoms with E-state index in [0.717, 1.165) is 0 Å². The summed E-state index contributed by atoms with van der Waals surface area (Å²) in [5, 5.41) is 13.9. The first-order chi connectivity index (χ1) is 15.9. The lowest BCUT2D eigenvalue weighted by Crippen LogP contribution is -2.41. The molecule has 33 heavy (non-hydrogen) atoms. The molecule has 1 aliphatic heterocycles. The van der Waals surface area contributed by atoms with Crippen LogP contribution in [0.3, 0.4) is 0 Å². The van der Waals surface area contributed by atoms with E-state index in [1.807, 2.05) is 6.07 Å². The number of hydrogen-bond acceptors (Lipinski definition) is 7. The van der Waals surface area contributed by atoms with Crippen molar-refractivity contribution in [1.82, 2.24) is 14.9 Å². The number of aromatic hydroxyl groups is 1. The summed E-state index contributed by atoms with van der Waals surface area (Å²) >= 11 is 12.1. The number of benzene rings is 2. The number of phenols is 1. The second kappa shape index (κ2) is 9.72. The lowest BCUT2D eigenvalue weighted by atomic mass is 10.1. The number of carbonyl (C=O) groups is 1. The predicted octanol–water partition coefficient (Wildman–Crippen LogP) is 4.95. The van der Waals surface area contributed by atoms with Gasteiger partial charge in [-0.2, -0.15) is 0 Å². The van der Waals surface area contributed by atoms with Crippen LogP contribution in [-0.2, 0) is 4.79 Å². The number of piperidine rings is 1. The normalized spacial score (nSPS) is 14.2. The number of likely N-dealkylation sites (tertiary alicyclic amines) is 1. The number of amides is 1. The molecule has 0 bridgehead atoms. The molecule has 0 spiro atoms. The van der Waals surface area contributed by atoms with Gasteiger partial charge in [-0.05, 0) is 24.3 Å². The zero-order chi connectivity index (χ0) is 23.5. The molecule has 3 aromatic rings. The van der Waals surface area contributed by atoms with Gasteiger partial charge >= 0.3 is 0 Å². The molecule has 1 saturated heterocycles. The number of rotatable bonds is 6. The fraction of sp³-hybridized carbons (Fsp3) is 0.261. The van der Waals surface area contributed by atoms with Crippen molar-refractivity contribution in [1.29, 1.82) is 0 Å². The summed E-state index contributed by atoms with van der Waals surface area (Å²) < 4.78 is 11.8. The summed E-state index contributed by atoms with van der Waals surface area (Å²) in [6.07, 6.45) is 4.08. The summed E-state index contributed by atoms with van der Waals surface area (Å²) in [5.41, 5.74) is 1.21. The molecule has 172 valence electrons. The Morgan fingerprint density at radius 1 is 1.18 bits per heavy atom. The van der Waals surface area contributed by atoms with Gasteiger partial charge in [-0.25, -0.2) is 9.97 Å². The van der Waals surface area contributed by atoms with Gasteiger partial charge in [0.1, 0.15) is 18.2 Å². The molecule has 1 aliphatic rings. The maximum atomic E-state index is 11.8. The van der Waals surface area contributed by atoms with Crippen molar-refractivity contribution in [3.63, 3.8) is 0 Å². The van der Waals surface area contributed by atoms with Crippen LogP contribution in [0.1, 0.15) is 12.8 Å². The number of halogens is 2. The molecule has 2 N–H and O–H groups in total. The highest BCUT2D eigenvalue weighted by molar-refractivity contribution is 6.37. The minimum Gasteiger partial charge on any atom is -0.505 e. The van der Waals surface area contributed by atoms with E-state index in [0.29, 0.717) is 59.8 Å². The number of nitrogens with zero attached hydrogens (tertiary/aromatic N) is 3. The van der Waals surface area contributed by atoms with Gasteiger partial charge in [0.15, 0.2) is 17.2 Å². The minimum atomic E-state index is -0.183. The SMILES string of the molecule is C=CC(=O)N1CCC(Oc2cc3c(Nc4cc(Cl)c(O)c(Cl)c4)ncnc3cc2OC)CC1. The van der Waals surface area contributed by atoms with Crippen LogP contribution in [-0.4, -0.2) is 52.2 Å². The van der Waals surface area contributed by atoms with Crippen molar-refractivity contribution in [3.8, 4) is 17.2 Å². The Morgan fingerprint density at radius 2 is 1.88 bits per heavy atom. The second-order valence-corrected chi connectivity index (χ2v) is 8.32. The van der Waals surface area contributed by atoms with Crippen molar-refractivity contribution in [3.05, 3.63) is 53.3 Å². The first kappa shape index (κ1) is 22.9. The summed E-state index contributed by atoms with van der Waals surface area (Å²) in [7, 11) is 1.57. The van der Waals surface area contributed by atoms with E-state index in [2.05, 4.69) is 21.9 Å². The third-order valence-corrected chi connectivity index (χ3v) is 6.00. The van der Waals surface area contributed by atoms with Crippen LogP contribution in [0.2, 0.25) is 10.0 Å². The van der Waals surface area contributed by atoms with Gasteiger partial charge in [0.25, 0.3) is 0 Å². The highest BCUT2D eigenvalue weighted by Gasteiger charge is 2.24. The van der Waals surface area contributed by atoms with Crippen molar-refractivity contribution >= 4 is 51.5 Å². The molecule has 0 radical (unpaired) electrons. The van der Waals surface area contributed by atoms with E-state index in [1.54, 1.807) is 30.2 Å². The van der Waals surface area contributed by atoms with E-state index in [1.165, 1.54) is 12.4 Å². The smallest absolute Gasteiger partial charge is 0.245 e. The number of anilines is 2. The summed E-state index contributed by atoms with van der Waals surface area (Å²) in [6, 6.07) is 6.71. The Kier molecular flexibility index (Phi) is 6.76. The number of methoxy groups -OCH3 is 1. The minimum absolute atomic E-state index is 0.0685. The molecule has 0 aliphatic carbocycles. The molecule has 8 nitrogen and oxygen atoms in total. The van der Waals surface area contributed by atoms with Crippen LogP contribution in [0.4, 0.5) is 11.5 Å². The Bertz CT molecular complexity index is 1190. The number of aromatic nitrogens is 2. The van der Waals surface area contributed by atoms with Crippen LogP contribution >= 0.6 is 23.2 Å². The summed E-state index contributed by atoms with van der Waals surface area (Å²) in [5.74, 6) is 1.36. The van der Waals surface area contributed by atoms with E-state index in [4.69, 9.17) is 32.7 Å². The Balaban J connectivity index is 1.62. The number of nitrogens with one attached hydrogen (secondary N) is 1. The van der Waals surface area contributed by atoms with Crippen LogP contribution in [0.25, 0.3) is 10.9 Å². The van der Waals surface area contributed by atoms with Crippen molar-refractivity contribution < 1.29 is 19.4 Å². The second-order valence-electron chi connectivity index (χ2n) is 7.50. The molecule has 1 fully saturated rings. The number of ether oxygens (including phenoxy) is 2. The lowest BCUT2D eigenvalue weighted by Gasteiger charge is -2.31. The Labute approximate surface area is 200 Å². The van der Waals surface area contributed by atoms with Crippen LogP contribution in [0.15, 0.2) is 43.2 Å². The first-order valence-electron chi connectivity index (χ1n) is 10.3. The molecular weight excluding hydrogens is 467 g/mol. The fourth-order valence-corrected chi connectivity index (χ4v) is 4.18. The molecule has 10 heteroatoms.